The van der Waals surface area contributed by atoms with Gasteiger partial charge in [-0.25, -0.2) is 0 Å². The van der Waals surface area contributed by atoms with Crippen LogP contribution in [0.15, 0.2) is 48.8 Å². The van der Waals surface area contributed by atoms with Gasteiger partial charge in [-0.2, -0.15) is 0 Å². The van der Waals surface area contributed by atoms with Crippen molar-refractivity contribution >= 4 is 17.5 Å². The number of nitrogens with two attached hydrogens (primary N) is 1. The molecular formula is C23H28N4O2. The van der Waals surface area contributed by atoms with Crippen molar-refractivity contribution in [2.45, 2.75) is 57.2 Å². The smallest absolute Gasteiger partial charge is 0.255 e. The van der Waals surface area contributed by atoms with Crippen molar-refractivity contribution in [2.75, 3.05) is 5.32 Å². The molecule has 0 atom stereocenters. The molecule has 0 bridgehead atoms. The lowest BCUT2D eigenvalue weighted by atomic mass is 9.90. The molecule has 6 heteroatoms. The van der Waals surface area contributed by atoms with Gasteiger partial charge in [-0.1, -0.05) is 12.1 Å². The van der Waals surface area contributed by atoms with Crippen LogP contribution in [0.25, 0.3) is 0 Å². The van der Waals surface area contributed by atoms with Crippen molar-refractivity contribution in [3.63, 3.8) is 0 Å². The molecule has 2 aliphatic carbocycles. The number of anilines is 1. The first kappa shape index (κ1) is 19.6. The van der Waals surface area contributed by atoms with Crippen molar-refractivity contribution in [1.82, 2.24) is 9.88 Å². The molecule has 0 unspecified atom stereocenters. The van der Waals surface area contributed by atoms with Crippen LogP contribution in [0.4, 0.5) is 5.69 Å². The third-order valence-electron chi connectivity index (χ3n) is 5.90. The number of amides is 2. The number of aromatic nitrogens is 1. The van der Waals surface area contributed by atoms with Crippen LogP contribution in [-0.2, 0) is 11.3 Å². The fraction of sp³-hybridized carbons (Fsp3) is 0.435. The Bertz CT molecular complexity index is 841. The normalized spacial score (nSPS) is 21.4. The Kier molecular flexibility index (Phi) is 5.90. The molecule has 3 N–H and O–H groups in total. The summed E-state index contributed by atoms with van der Waals surface area (Å²) < 4.78 is 0. The van der Waals surface area contributed by atoms with Gasteiger partial charge in [-0.15, -0.1) is 0 Å². The fourth-order valence-electron chi connectivity index (χ4n) is 3.96. The van der Waals surface area contributed by atoms with Gasteiger partial charge < -0.3 is 16.0 Å². The number of nitrogens with one attached hydrogen (secondary N) is 1. The first-order valence-corrected chi connectivity index (χ1v) is 10.5. The number of carbonyl (C=O) groups excluding carboxylic acids is 2. The summed E-state index contributed by atoms with van der Waals surface area (Å²) in [6.07, 6.45) is 9.17. The van der Waals surface area contributed by atoms with Gasteiger partial charge in [0.1, 0.15) is 0 Å². The predicted molar refractivity (Wildman–Crippen MR) is 112 cm³/mol. The van der Waals surface area contributed by atoms with Crippen LogP contribution in [0, 0.1) is 5.92 Å². The lowest BCUT2D eigenvalue weighted by molar-refractivity contribution is -0.136. The summed E-state index contributed by atoms with van der Waals surface area (Å²) in [5, 5.41) is 2.90. The van der Waals surface area contributed by atoms with Crippen LogP contribution in [0.2, 0.25) is 0 Å². The summed E-state index contributed by atoms with van der Waals surface area (Å²) >= 11 is 0. The molecule has 2 saturated carbocycles. The SMILES string of the molecule is NC1CCC(N(Cc2ccc(NC(=O)c3ccncc3)cc2)C(=O)C2CC2)CC1. The maximum Gasteiger partial charge on any atom is 0.255 e. The average molecular weight is 393 g/mol. The molecule has 1 aromatic carbocycles. The van der Waals surface area contributed by atoms with E-state index in [1.807, 2.05) is 24.3 Å². The number of hydrogen-bond donors (Lipinski definition) is 2. The lowest BCUT2D eigenvalue weighted by Crippen LogP contribution is -2.44. The standard InChI is InChI=1S/C23H28N4O2/c24-19-5-9-21(10-6-19)27(23(29)18-3-4-18)15-16-1-7-20(8-2-16)26-22(28)17-11-13-25-14-12-17/h1-2,7-8,11-14,18-19,21H,3-6,9-10,15,24H2,(H,26,28). The summed E-state index contributed by atoms with van der Waals surface area (Å²) in [6.45, 7) is 0.619. The summed E-state index contributed by atoms with van der Waals surface area (Å²) in [5.41, 5.74) is 8.44. The van der Waals surface area contributed by atoms with Crippen molar-refractivity contribution in [2.24, 2.45) is 11.7 Å². The van der Waals surface area contributed by atoms with Gasteiger partial charge in [0.25, 0.3) is 5.91 Å². The maximum atomic E-state index is 12.9. The molecule has 1 aromatic heterocycles. The molecule has 6 nitrogen and oxygen atoms in total. The molecular weight excluding hydrogens is 364 g/mol. The van der Waals surface area contributed by atoms with E-state index in [0.29, 0.717) is 18.0 Å². The van der Waals surface area contributed by atoms with E-state index in [9.17, 15) is 9.59 Å². The van der Waals surface area contributed by atoms with Crippen molar-refractivity contribution in [3.8, 4) is 0 Å². The highest BCUT2D eigenvalue weighted by Crippen LogP contribution is 2.34. The number of benzene rings is 1. The molecule has 2 aromatic rings. The van der Waals surface area contributed by atoms with Gasteiger partial charge in [-0.05, 0) is 68.4 Å². The zero-order valence-electron chi connectivity index (χ0n) is 16.6. The van der Waals surface area contributed by atoms with Crippen molar-refractivity contribution in [1.29, 1.82) is 0 Å². The topological polar surface area (TPSA) is 88.3 Å². The third-order valence-corrected chi connectivity index (χ3v) is 5.90. The largest absolute Gasteiger partial charge is 0.335 e. The zero-order chi connectivity index (χ0) is 20.2. The maximum absolute atomic E-state index is 12.9. The minimum absolute atomic E-state index is 0.163. The zero-order valence-corrected chi connectivity index (χ0v) is 16.6. The Morgan fingerprint density at radius 3 is 2.24 bits per heavy atom. The van der Waals surface area contributed by atoms with Crippen molar-refractivity contribution < 1.29 is 9.59 Å². The van der Waals surface area contributed by atoms with Crippen LogP contribution in [0.1, 0.15) is 54.4 Å². The highest BCUT2D eigenvalue weighted by molar-refractivity contribution is 6.04. The molecule has 0 spiro atoms. The molecule has 0 radical (unpaired) electrons. The van der Waals surface area contributed by atoms with Gasteiger partial charge >= 0.3 is 0 Å². The number of nitrogens with zero attached hydrogens (tertiary/aromatic N) is 2. The van der Waals surface area contributed by atoms with E-state index in [1.165, 1.54) is 0 Å². The fourth-order valence-corrected chi connectivity index (χ4v) is 3.96. The van der Waals surface area contributed by atoms with Crippen LogP contribution in [0.5, 0.6) is 0 Å². The van der Waals surface area contributed by atoms with Gasteiger partial charge in [0.15, 0.2) is 0 Å². The Morgan fingerprint density at radius 2 is 1.62 bits per heavy atom. The second-order valence-corrected chi connectivity index (χ2v) is 8.20. The van der Waals surface area contributed by atoms with Crippen LogP contribution in [0.3, 0.4) is 0 Å². The monoisotopic (exact) mass is 392 g/mol. The molecule has 2 aliphatic rings. The van der Waals surface area contributed by atoms with E-state index < -0.39 is 0 Å². The van der Waals surface area contributed by atoms with E-state index in [0.717, 1.165) is 49.8 Å². The van der Waals surface area contributed by atoms with E-state index in [-0.39, 0.29) is 23.9 Å². The van der Waals surface area contributed by atoms with E-state index in [1.54, 1.807) is 24.5 Å². The van der Waals surface area contributed by atoms with Gasteiger partial charge in [0, 0.05) is 48.2 Å². The highest BCUT2D eigenvalue weighted by Gasteiger charge is 2.37. The predicted octanol–water partition coefficient (Wildman–Crippen LogP) is 3.34. The molecule has 29 heavy (non-hydrogen) atoms. The first-order valence-electron chi connectivity index (χ1n) is 10.5. The average Bonchev–Trinajstić information content (AvgIpc) is 3.60. The Balaban J connectivity index is 1.41. The minimum Gasteiger partial charge on any atom is -0.335 e. The second kappa shape index (κ2) is 8.74. The molecule has 1 heterocycles. The molecule has 152 valence electrons. The summed E-state index contributed by atoms with van der Waals surface area (Å²) in [7, 11) is 0. The van der Waals surface area contributed by atoms with E-state index in [4.69, 9.17) is 5.73 Å². The van der Waals surface area contributed by atoms with Crippen molar-refractivity contribution in [3.05, 3.63) is 59.9 Å². The first-order chi connectivity index (χ1) is 14.1. The molecule has 4 rings (SSSR count). The van der Waals surface area contributed by atoms with Crippen LogP contribution < -0.4 is 11.1 Å². The molecule has 0 aliphatic heterocycles. The Hall–Kier alpha value is -2.73. The highest BCUT2D eigenvalue weighted by atomic mass is 16.2. The van der Waals surface area contributed by atoms with Crippen LogP contribution >= 0.6 is 0 Å². The van der Waals surface area contributed by atoms with Gasteiger partial charge in [-0.3, -0.25) is 14.6 Å². The number of hydrogen-bond acceptors (Lipinski definition) is 4. The molecule has 0 saturated heterocycles. The Labute approximate surface area is 171 Å². The van der Waals surface area contributed by atoms with Gasteiger partial charge in [0.05, 0.1) is 0 Å². The summed E-state index contributed by atoms with van der Waals surface area (Å²) in [6, 6.07) is 11.7. The number of pyridine rings is 1. The summed E-state index contributed by atoms with van der Waals surface area (Å²) in [5.74, 6) is 0.342. The summed E-state index contributed by atoms with van der Waals surface area (Å²) in [4.78, 5) is 31.2. The lowest BCUT2D eigenvalue weighted by Gasteiger charge is -2.36. The molecule has 2 fully saturated rings. The Morgan fingerprint density at radius 1 is 0.966 bits per heavy atom. The molecule has 2 amide bonds. The van der Waals surface area contributed by atoms with Crippen LogP contribution in [-0.4, -0.2) is 33.8 Å². The van der Waals surface area contributed by atoms with Gasteiger partial charge in [0.2, 0.25) is 5.91 Å². The third kappa shape index (κ3) is 5.01. The van der Waals surface area contributed by atoms with E-state index >= 15 is 0 Å². The quantitative estimate of drug-likeness (QED) is 0.789. The number of carbonyl (C=O) groups is 2. The second-order valence-electron chi connectivity index (χ2n) is 8.20. The number of rotatable bonds is 6. The minimum atomic E-state index is -0.163. The van der Waals surface area contributed by atoms with E-state index in [2.05, 4.69) is 15.2 Å².